The van der Waals surface area contributed by atoms with Gasteiger partial charge in [-0.25, -0.2) is 4.68 Å². The summed E-state index contributed by atoms with van der Waals surface area (Å²) in [6.07, 6.45) is 0. The van der Waals surface area contributed by atoms with Crippen molar-refractivity contribution >= 4 is 5.82 Å². The number of nitrogens with two attached hydrogens (primary N) is 1. The number of hydrogen-bond donors (Lipinski definition) is 1. The fourth-order valence-corrected chi connectivity index (χ4v) is 2.14. The molecule has 1 aliphatic rings. The Morgan fingerprint density at radius 3 is 3.06 bits per heavy atom. The summed E-state index contributed by atoms with van der Waals surface area (Å²) in [7, 11) is 0. The lowest BCUT2D eigenvalue weighted by atomic mass is 10.0. The van der Waals surface area contributed by atoms with Crippen molar-refractivity contribution < 1.29 is 4.74 Å². The van der Waals surface area contributed by atoms with E-state index in [-0.39, 0.29) is 0 Å². The second-order valence-electron chi connectivity index (χ2n) is 4.29. The highest BCUT2D eigenvalue weighted by Gasteiger charge is 2.24. The molecule has 5 nitrogen and oxygen atoms in total. The molecule has 1 aliphatic heterocycles. The highest BCUT2D eigenvalue weighted by molar-refractivity contribution is 5.39. The molecule has 0 bridgehead atoms. The van der Waals surface area contributed by atoms with Crippen LogP contribution in [0.5, 0.6) is 5.75 Å². The maximum atomic E-state index is 5.68. The third-order valence-corrected chi connectivity index (χ3v) is 3.21. The van der Waals surface area contributed by atoms with E-state index in [4.69, 9.17) is 10.5 Å². The van der Waals surface area contributed by atoms with Gasteiger partial charge in [0.15, 0.2) is 5.82 Å². The molecule has 5 heteroatoms. The van der Waals surface area contributed by atoms with Gasteiger partial charge in [0.1, 0.15) is 5.75 Å². The molecule has 1 unspecified atom stereocenters. The lowest BCUT2D eigenvalue weighted by Crippen LogP contribution is -2.13. The Balaban J connectivity index is 1.86. The Hall–Kier alpha value is -2.04. The van der Waals surface area contributed by atoms with E-state index in [1.807, 2.05) is 29.8 Å². The van der Waals surface area contributed by atoms with Gasteiger partial charge in [-0.1, -0.05) is 23.4 Å². The summed E-state index contributed by atoms with van der Waals surface area (Å²) in [6.45, 7) is 3.38. The van der Waals surface area contributed by atoms with Crippen LogP contribution in [0.15, 0.2) is 24.3 Å². The van der Waals surface area contributed by atoms with Gasteiger partial charge in [-0.05, 0) is 13.0 Å². The average molecular weight is 230 g/mol. The van der Waals surface area contributed by atoms with Crippen LogP contribution in [0.3, 0.4) is 0 Å². The normalized spacial score (nSPS) is 17.8. The molecule has 1 aromatic carbocycles. The van der Waals surface area contributed by atoms with E-state index in [1.54, 1.807) is 0 Å². The molecule has 88 valence electrons. The second-order valence-corrected chi connectivity index (χ2v) is 4.29. The molecule has 0 saturated heterocycles. The van der Waals surface area contributed by atoms with Crippen LogP contribution in [0.4, 0.5) is 5.82 Å². The smallest absolute Gasteiger partial charge is 0.168 e. The molecule has 0 spiro atoms. The van der Waals surface area contributed by atoms with Crippen molar-refractivity contribution in [1.29, 1.82) is 0 Å². The summed E-state index contributed by atoms with van der Waals surface area (Å²) < 4.78 is 7.48. The van der Waals surface area contributed by atoms with Crippen molar-refractivity contribution in [2.75, 3.05) is 12.3 Å². The van der Waals surface area contributed by atoms with Gasteiger partial charge in [-0.2, -0.15) is 0 Å². The highest BCUT2D eigenvalue weighted by atomic mass is 16.5. The molecule has 0 aliphatic carbocycles. The van der Waals surface area contributed by atoms with Crippen LogP contribution in [0.25, 0.3) is 0 Å². The molecule has 0 fully saturated rings. The van der Waals surface area contributed by atoms with Crippen molar-refractivity contribution in [2.24, 2.45) is 0 Å². The van der Waals surface area contributed by atoms with Crippen LogP contribution in [-0.2, 0) is 6.54 Å². The van der Waals surface area contributed by atoms with Gasteiger partial charge in [0, 0.05) is 11.5 Å². The van der Waals surface area contributed by atoms with Crippen molar-refractivity contribution in [3.05, 3.63) is 35.5 Å². The fraction of sp³-hybridized carbons (Fsp3) is 0.333. The summed E-state index contributed by atoms with van der Waals surface area (Å²) in [6, 6.07) is 8.11. The highest BCUT2D eigenvalue weighted by Crippen LogP contribution is 2.34. The summed E-state index contributed by atoms with van der Waals surface area (Å²) in [5, 5.41) is 7.90. The van der Waals surface area contributed by atoms with Crippen molar-refractivity contribution in [1.82, 2.24) is 15.0 Å². The minimum Gasteiger partial charge on any atom is -0.493 e. The number of nitrogens with zero attached hydrogens (tertiary/aromatic N) is 3. The predicted octanol–water partition coefficient (Wildman–Crippen LogP) is 1.34. The lowest BCUT2D eigenvalue weighted by molar-refractivity contribution is 0.313. The van der Waals surface area contributed by atoms with E-state index < -0.39 is 0 Å². The van der Waals surface area contributed by atoms with E-state index in [1.165, 1.54) is 5.56 Å². The third-order valence-electron chi connectivity index (χ3n) is 3.21. The van der Waals surface area contributed by atoms with Gasteiger partial charge in [0.25, 0.3) is 0 Å². The first-order valence-corrected chi connectivity index (χ1v) is 5.63. The van der Waals surface area contributed by atoms with E-state index in [0.29, 0.717) is 18.3 Å². The molecular weight excluding hydrogens is 216 g/mol. The second kappa shape index (κ2) is 3.76. The number of anilines is 1. The van der Waals surface area contributed by atoms with Gasteiger partial charge in [0.05, 0.1) is 18.8 Å². The Labute approximate surface area is 99.2 Å². The van der Waals surface area contributed by atoms with Crippen molar-refractivity contribution in [3.8, 4) is 5.75 Å². The van der Waals surface area contributed by atoms with Crippen molar-refractivity contribution in [3.63, 3.8) is 0 Å². The maximum Gasteiger partial charge on any atom is 0.168 e. The topological polar surface area (TPSA) is 66.0 Å². The number of rotatable bonds is 2. The van der Waals surface area contributed by atoms with Crippen LogP contribution in [0.1, 0.15) is 17.2 Å². The first-order valence-electron chi connectivity index (χ1n) is 5.63. The summed E-state index contributed by atoms with van der Waals surface area (Å²) in [5.74, 6) is 1.80. The number of aromatic nitrogens is 3. The quantitative estimate of drug-likeness (QED) is 0.845. The van der Waals surface area contributed by atoms with E-state index in [9.17, 15) is 0 Å². The monoisotopic (exact) mass is 230 g/mol. The van der Waals surface area contributed by atoms with Crippen LogP contribution in [0.2, 0.25) is 0 Å². The number of para-hydroxylation sites is 1. The zero-order valence-electron chi connectivity index (χ0n) is 9.63. The van der Waals surface area contributed by atoms with Crippen LogP contribution < -0.4 is 10.5 Å². The van der Waals surface area contributed by atoms with E-state index in [0.717, 1.165) is 18.0 Å². The zero-order valence-corrected chi connectivity index (χ0v) is 9.63. The first-order chi connectivity index (χ1) is 8.25. The van der Waals surface area contributed by atoms with Crippen molar-refractivity contribution in [2.45, 2.75) is 19.4 Å². The van der Waals surface area contributed by atoms with Gasteiger partial charge in [-0.15, -0.1) is 5.10 Å². The van der Waals surface area contributed by atoms with Gasteiger partial charge in [-0.3, -0.25) is 0 Å². The van der Waals surface area contributed by atoms with E-state index in [2.05, 4.69) is 16.4 Å². The standard InChI is InChI=1S/C12H14N4O/c1-8-12(13)14-15-16(8)6-9-7-17-11-5-3-2-4-10(9)11/h2-5,9H,6-7,13H2,1H3. The zero-order chi connectivity index (χ0) is 11.8. The molecule has 3 rings (SSSR count). The average Bonchev–Trinajstić information content (AvgIpc) is 2.89. The van der Waals surface area contributed by atoms with Gasteiger partial charge < -0.3 is 10.5 Å². The molecule has 2 N–H and O–H groups in total. The van der Waals surface area contributed by atoms with Crippen LogP contribution in [0, 0.1) is 6.92 Å². The molecule has 1 atom stereocenters. The Morgan fingerprint density at radius 2 is 2.29 bits per heavy atom. The molecule has 2 heterocycles. The lowest BCUT2D eigenvalue weighted by Gasteiger charge is -2.09. The summed E-state index contributed by atoms with van der Waals surface area (Å²) in [4.78, 5) is 0. The minimum atomic E-state index is 0.325. The first kappa shape index (κ1) is 10.1. The van der Waals surface area contributed by atoms with Gasteiger partial charge in [0.2, 0.25) is 0 Å². The molecule has 2 aromatic rings. The largest absolute Gasteiger partial charge is 0.493 e. The predicted molar refractivity (Wildman–Crippen MR) is 63.8 cm³/mol. The number of hydrogen-bond acceptors (Lipinski definition) is 4. The maximum absolute atomic E-state index is 5.68. The number of benzene rings is 1. The van der Waals surface area contributed by atoms with Crippen LogP contribution in [-0.4, -0.2) is 21.6 Å². The molecular formula is C12H14N4O. The molecule has 1 aromatic heterocycles. The van der Waals surface area contributed by atoms with Gasteiger partial charge >= 0.3 is 0 Å². The third kappa shape index (κ3) is 1.63. The molecule has 0 saturated carbocycles. The molecule has 0 radical (unpaired) electrons. The Morgan fingerprint density at radius 1 is 1.47 bits per heavy atom. The van der Waals surface area contributed by atoms with E-state index >= 15 is 0 Å². The minimum absolute atomic E-state index is 0.325. The summed E-state index contributed by atoms with van der Waals surface area (Å²) in [5.41, 5.74) is 7.83. The fourth-order valence-electron chi connectivity index (χ4n) is 2.14. The Kier molecular flexibility index (Phi) is 2.24. The number of ether oxygens (including phenoxy) is 1. The SMILES string of the molecule is Cc1c(N)nnn1CC1COc2ccccc21. The summed E-state index contributed by atoms with van der Waals surface area (Å²) >= 11 is 0. The number of nitrogen functional groups attached to an aromatic ring is 1. The number of fused-ring (bicyclic) bond motifs is 1. The molecule has 17 heavy (non-hydrogen) atoms. The molecule has 0 amide bonds. The van der Waals surface area contributed by atoms with Crippen LogP contribution >= 0.6 is 0 Å². The Bertz CT molecular complexity index is 549.